The summed E-state index contributed by atoms with van der Waals surface area (Å²) >= 11 is 0. The first-order chi connectivity index (χ1) is 9.96. The molecule has 122 valence electrons. The first-order valence-electron chi connectivity index (χ1n) is 7.57. The van der Waals surface area contributed by atoms with Gasteiger partial charge in [-0.3, -0.25) is 4.79 Å². The summed E-state index contributed by atoms with van der Waals surface area (Å²) in [5.74, 6) is -1.28. The van der Waals surface area contributed by atoms with Crippen molar-refractivity contribution in [3.8, 4) is 0 Å². The van der Waals surface area contributed by atoms with E-state index in [0.29, 0.717) is 25.8 Å². The molecular weight excluding hydrogens is 296 g/mol. The lowest BCUT2D eigenvalue weighted by atomic mass is 9.93. The highest BCUT2D eigenvalue weighted by molar-refractivity contribution is 7.86. The lowest BCUT2D eigenvalue weighted by Gasteiger charge is -2.40. The lowest BCUT2D eigenvalue weighted by Crippen LogP contribution is -2.53. The number of aliphatic hydroxyl groups is 1. The van der Waals surface area contributed by atoms with Crippen molar-refractivity contribution in [2.24, 2.45) is 5.92 Å². The fourth-order valence-electron chi connectivity index (χ4n) is 2.87. The second kappa shape index (κ2) is 7.04. The Kier molecular flexibility index (Phi) is 5.59. The van der Waals surface area contributed by atoms with Gasteiger partial charge in [0, 0.05) is 32.3 Å². The summed E-state index contributed by atoms with van der Waals surface area (Å²) in [4.78, 5) is 10.9. The normalized spacial score (nSPS) is 22.4. The molecular formula is C13H24N2O5S. The van der Waals surface area contributed by atoms with Gasteiger partial charge in [-0.2, -0.15) is 17.0 Å². The fourth-order valence-corrected chi connectivity index (χ4v) is 4.79. The predicted octanol–water partition coefficient (Wildman–Crippen LogP) is 0.265. The van der Waals surface area contributed by atoms with Gasteiger partial charge in [0.25, 0.3) is 10.2 Å². The van der Waals surface area contributed by atoms with Crippen LogP contribution in [0.25, 0.3) is 0 Å². The highest BCUT2D eigenvalue weighted by Crippen LogP contribution is 2.30. The third kappa shape index (κ3) is 3.74. The summed E-state index contributed by atoms with van der Waals surface area (Å²) < 4.78 is 28.4. The number of piperidine rings is 1. The molecule has 1 saturated carbocycles. The van der Waals surface area contributed by atoms with Crippen LogP contribution >= 0.6 is 0 Å². The van der Waals surface area contributed by atoms with Crippen LogP contribution in [-0.2, 0) is 15.0 Å². The first-order valence-corrected chi connectivity index (χ1v) is 8.97. The van der Waals surface area contributed by atoms with Crippen molar-refractivity contribution in [1.82, 2.24) is 8.61 Å². The maximum absolute atomic E-state index is 12.7. The third-order valence-electron chi connectivity index (χ3n) is 4.44. The van der Waals surface area contributed by atoms with Gasteiger partial charge in [-0.05, 0) is 32.1 Å². The van der Waals surface area contributed by atoms with Crippen LogP contribution in [0.4, 0.5) is 0 Å². The van der Waals surface area contributed by atoms with Crippen molar-refractivity contribution in [2.75, 3.05) is 26.2 Å². The molecule has 1 aliphatic heterocycles. The minimum absolute atomic E-state index is 0.0279. The summed E-state index contributed by atoms with van der Waals surface area (Å²) in [5.41, 5.74) is 0. The van der Waals surface area contributed by atoms with E-state index in [9.17, 15) is 13.2 Å². The van der Waals surface area contributed by atoms with E-state index in [1.165, 1.54) is 8.61 Å². The molecule has 0 radical (unpaired) electrons. The Balaban J connectivity index is 2.02. The second-order valence-electron chi connectivity index (χ2n) is 5.79. The zero-order valence-electron chi connectivity index (χ0n) is 12.1. The molecule has 1 saturated heterocycles. The molecule has 0 unspecified atom stereocenters. The summed E-state index contributed by atoms with van der Waals surface area (Å²) in [5, 5.41) is 17.9. The van der Waals surface area contributed by atoms with Gasteiger partial charge in [-0.25, -0.2) is 0 Å². The number of carboxylic acid groups (broad SMARTS) is 1. The number of aliphatic carboxylic acids is 1. The first kappa shape index (κ1) is 16.7. The van der Waals surface area contributed by atoms with Crippen molar-refractivity contribution < 1.29 is 23.4 Å². The number of rotatable bonds is 7. The van der Waals surface area contributed by atoms with Crippen LogP contribution < -0.4 is 0 Å². The Labute approximate surface area is 125 Å². The van der Waals surface area contributed by atoms with Gasteiger partial charge < -0.3 is 10.2 Å². The van der Waals surface area contributed by atoms with Gasteiger partial charge in [0.15, 0.2) is 0 Å². The number of hydrogen-bond donors (Lipinski definition) is 2. The number of carboxylic acids is 1. The van der Waals surface area contributed by atoms with Gasteiger partial charge in [0.2, 0.25) is 0 Å². The molecule has 0 aromatic heterocycles. The minimum atomic E-state index is -3.54. The smallest absolute Gasteiger partial charge is 0.306 e. The Morgan fingerprint density at radius 3 is 2.24 bits per heavy atom. The van der Waals surface area contributed by atoms with Crippen LogP contribution in [0.15, 0.2) is 0 Å². The van der Waals surface area contributed by atoms with Crippen molar-refractivity contribution >= 4 is 16.2 Å². The Hall–Kier alpha value is -0.700. The van der Waals surface area contributed by atoms with Gasteiger partial charge in [-0.15, -0.1) is 0 Å². The van der Waals surface area contributed by atoms with Gasteiger partial charge in [0.05, 0.1) is 5.92 Å². The molecule has 2 aliphatic rings. The van der Waals surface area contributed by atoms with Crippen LogP contribution in [0, 0.1) is 5.92 Å². The van der Waals surface area contributed by atoms with Crippen LogP contribution in [0.3, 0.4) is 0 Å². The highest BCUT2D eigenvalue weighted by Gasteiger charge is 2.39. The van der Waals surface area contributed by atoms with Crippen LogP contribution in [-0.4, -0.2) is 65.5 Å². The molecule has 8 heteroatoms. The Bertz CT molecular complexity index is 455. The molecule has 1 heterocycles. The van der Waals surface area contributed by atoms with E-state index >= 15 is 0 Å². The van der Waals surface area contributed by atoms with Crippen molar-refractivity contribution in [3.05, 3.63) is 0 Å². The van der Waals surface area contributed by atoms with E-state index < -0.39 is 22.1 Å². The third-order valence-corrected chi connectivity index (χ3v) is 6.54. The van der Waals surface area contributed by atoms with E-state index in [4.69, 9.17) is 10.2 Å². The molecule has 0 spiro atoms. The molecule has 0 amide bonds. The molecule has 2 N–H and O–H groups in total. The van der Waals surface area contributed by atoms with E-state index in [1.54, 1.807) is 0 Å². The molecule has 0 aromatic carbocycles. The average Bonchev–Trinajstić information content (AvgIpc) is 2.41. The maximum atomic E-state index is 12.7. The van der Waals surface area contributed by atoms with E-state index in [0.717, 1.165) is 19.3 Å². The summed E-state index contributed by atoms with van der Waals surface area (Å²) in [6.45, 7) is 0.839. The minimum Gasteiger partial charge on any atom is -0.481 e. The molecule has 7 nitrogen and oxygen atoms in total. The second-order valence-corrected chi connectivity index (χ2v) is 7.67. The van der Waals surface area contributed by atoms with E-state index in [-0.39, 0.29) is 25.7 Å². The zero-order valence-corrected chi connectivity index (χ0v) is 13.0. The quantitative estimate of drug-likeness (QED) is 0.701. The molecule has 0 aromatic rings. The molecule has 1 aliphatic carbocycles. The number of hydrogen-bond acceptors (Lipinski definition) is 4. The average molecular weight is 320 g/mol. The molecule has 2 fully saturated rings. The van der Waals surface area contributed by atoms with Crippen molar-refractivity contribution in [1.29, 1.82) is 0 Å². The van der Waals surface area contributed by atoms with Crippen molar-refractivity contribution in [3.63, 3.8) is 0 Å². The van der Waals surface area contributed by atoms with E-state index in [2.05, 4.69) is 0 Å². The van der Waals surface area contributed by atoms with Crippen molar-refractivity contribution in [2.45, 2.75) is 44.6 Å². The Morgan fingerprint density at radius 2 is 1.81 bits per heavy atom. The monoisotopic (exact) mass is 320 g/mol. The van der Waals surface area contributed by atoms with Gasteiger partial charge >= 0.3 is 5.97 Å². The fraction of sp³-hybridized carbons (Fsp3) is 0.923. The molecule has 0 atom stereocenters. The number of carbonyl (C=O) groups is 1. The SMILES string of the molecule is O=C(O)C1CCN(S(=O)(=O)N(CCCO)C2CCC2)CC1. The molecule has 0 bridgehead atoms. The van der Waals surface area contributed by atoms with Crippen LogP contribution in [0.5, 0.6) is 0 Å². The molecule has 21 heavy (non-hydrogen) atoms. The number of nitrogens with zero attached hydrogens (tertiary/aromatic N) is 2. The standard InChI is InChI=1S/C13H24N2O5S/c16-10-2-7-15(12-3-1-4-12)21(19,20)14-8-5-11(6-9-14)13(17)18/h11-12,16H,1-10H2,(H,17,18). The Morgan fingerprint density at radius 1 is 1.19 bits per heavy atom. The molecule has 2 rings (SSSR count). The number of aliphatic hydroxyl groups excluding tert-OH is 1. The summed E-state index contributed by atoms with van der Waals surface area (Å²) in [7, 11) is -3.54. The maximum Gasteiger partial charge on any atom is 0.306 e. The van der Waals surface area contributed by atoms with E-state index in [1.807, 2.05) is 0 Å². The highest BCUT2D eigenvalue weighted by atomic mass is 32.2. The topological polar surface area (TPSA) is 98.2 Å². The summed E-state index contributed by atoms with van der Waals surface area (Å²) in [6, 6.07) is 0.0405. The zero-order chi connectivity index (χ0) is 15.5. The largest absolute Gasteiger partial charge is 0.481 e. The van der Waals surface area contributed by atoms with Gasteiger partial charge in [-0.1, -0.05) is 6.42 Å². The van der Waals surface area contributed by atoms with Crippen LogP contribution in [0.2, 0.25) is 0 Å². The lowest BCUT2D eigenvalue weighted by molar-refractivity contribution is -0.142. The predicted molar refractivity (Wildman–Crippen MR) is 76.9 cm³/mol. The van der Waals surface area contributed by atoms with Crippen LogP contribution in [0.1, 0.15) is 38.5 Å². The van der Waals surface area contributed by atoms with Gasteiger partial charge in [0.1, 0.15) is 0 Å². The summed E-state index contributed by atoms with van der Waals surface area (Å²) in [6.07, 6.45) is 3.95.